The molecule has 1 aromatic heterocycles. The maximum absolute atomic E-state index is 4.86. The van der Waals surface area contributed by atoms with Gasteiger partial charge in [0.05, 0.1) is 11.2 Å². The SMILES string of the molecule is CCN(CC)Cc1cc(-c2ccccc2)c2ccccc2n1. The molecular formula is C20H22N2. The Balaban J connectivity index is 2.12. The Hall–Kier alpha value is -2.19. The fourth-order valence-electron chi connectivity index (χ4n) is 2.84. The van der Waals surface area contributed by atoms with E-state index in [2.05, 4.69) is 79.4 Å². The van der Waals surface area contributed by atoms with Gasteiger partial charge in [-0.2, -0.15) is 0 Å². The molecule has 3 rings (SSSR count). The zero-order valence-corrected chi connectivity index (χ0v) is 13.3. The van der Waals surface area contributed by atoms with Gasteiger partial charge in [-0.3, -0.25) is 9.88 Å². The van der Waals surface area contributed by atoms with E-state index < -0.39 is 0 Å². The van der Waals surface area contributed by atoms with Crippen molar-refractivity contribution in [3.05, 3.63) is 66.4 Å². The lowest BCUT2D eigenvalue weighted by atomic mass is 10.00. The van der Waals surface area contributed by atoms with Gasteiger partial charge < -0.3 is 0 Å². The molecule has 2 aromatic carbocycles. The molecule has 0 amide bonds. The molecule has 0 bridgehead atoms. The first-order valence-corrected chi connectivity index (χ1v) is 7.98. The average Bonchev–Trinajstić information content (AvgIpc) is 2.59. The molecule has 0 spiro atoms. The van der Waals surface area contributed by atoms with Crippen molar-refractivity contribution in [2.75, 3.05) is 13.1 Å². The van der Waals surface area contributed by atoms with Crippen LogP contribution in [0.15, 0.2) is 60.7 Å². The predicted molar refractivity (Wildman–Crippen MR) is 93.8 cm³/mol. The van der Waals surface area contributed by atoms with Gasteiger partial charge in [0.1, 0.15) is 0 Å². The molecule has 1 heterocycles. The summed E-state index contributed by atoms with van der Waals surface area (Å²) < 4.78 is 0. The van der Waals surface area contributed by atoms with Crippen LogP contribution in [-0.2, 0) is 6.54 Å². The summed E-state index contributed by atoms with van der Waals surface area (Å²) in [5.41, 5.74) is 4.74. The zero-order chi connectivity index (χ0) is 15.4. The number of nitrogens with zero attached hydrogens (tertiary/aromatic N) is 2. The van der Waals surface area contributed by atoms with Crippen LogP contribution in [0.3, 0.4) is 0 Å². The highest BCUT2D eigenvalue weighted by atomic mass is 15.1. The zero-order valence-electron chi connectivity index (χ0n) is 13.3. The Kier molecular flexibility index (Phi) is 4.50. The molecule has 0 saturated carbocycles. The molecule has 0 aliphatic rings. The number of hydrogen-bond donors (Lipinski definition) is 0. The van der Waals surface area contributed by atoms with E-state index in [0.717, 1.165) is 30.8 Å². The standard InChI is InChI=1S/C20H22N2/c1-3-22(4-2)15-17-14-19(16-10-6-5-7-11-16)18-12-8-9-13-20(18)21-17/h5-14H,3-4,15H2,1-2H3. The second-order valence-electron chi connectivity index (χ2n) is 5.51. The normalized spacial score (nSPS) is 11.2. The molecule has 22 heavy (non-hydrogen) atoms. The summed E-state index contributed by atoms with van der Waals surface area (Å²) in [6, 6.07) is 21.2. The topological polar surface area (TPSA) is 16.1 Å². The Morgan fingerprint density at radius 1 is 0.864 bits per heavy atom. The van der Waals surface area contributed by atoms with E-state index in [9.17, 15) is 0 Å². The summed E-state index contributed by atoms with van der Waals surface area (Å²) in [6.07, 6.45) is 0. The van der Waals surface area contributed by atoms with Crippen LogP contribution in [0, 0.1) is 0 Å². The lowest BCUT2D eigenvalue weighted by Gasteiger charge is -2.18. The molecule has 0 unspecified atom stereocenters. The number of hydrogen-bond acceptors (Lipinski definition) is 2. The molecule has 0 radical (unpaired) electrons. The van der Waals surface area contributed by atoms with Crippen molar-refractivity contribution < 1.29 is 0 Å². The van der Waals surface area contributed by atoms with Gasteiger partial charge in [0.25, 0.3) is 0 Å². The van der Waals surface area contributed by atoms with Crippen LogP contribution in [0.5, 0.6) is 0 Å². The molecule has 0 aliphatic carbocycles. The van der Waals surface area contributed by atoms with Gasteiger partial charge in [-0.1, -0.05) is 62.4 Å². The van der Waals surface area contributed by atoms with E-state index in [4.69, 9.17) is 4.98 Å². The van der Waals surface area contributed by atoms with Gasteiger partial charge in [-0.15, -0.1) is 0 Å². The van der Waals surface area contributed by atoms with Crippen molar-refractivity contribution in [3.63, 3.8) is 0 Å². The van der Waals surface area contributed by atoms with Gasteiger partial charge in [0.15, 0.2) is 0 Å². The molecular weight excluding hydrogens is 268 g/mol. The van der Waals surface area contributed by atoms with Crippen LogP contribution in [-0.4, -0.2) is 23.0 Å². The molecule has 0 fully saturated rings. The summed E-state index contributed by atoms with van der Waals surface area (Å²) >= 11 is 0. The summed E-state index contributed by atoms with van der Waals surface area (Å²) in [5.74, 6) is 0. The van der Waals surface area contributed by atoms with Crippen LogP contribution in [0.25, 0.3) is 22.0 Å². The van der Waals surface area contributed by atoms with Crippen molar-refractivity contribution in [2.24, 2.45) is 0 Å². The van der Waals surface area contributed by atoms with Gasteiger partial charge >= 0.3 is 0 Å². The minimum atomic E-state index is 0.900. The second-order valence-corrected chi connectivity index (χ2v) is 5.51. The largest absolute Gasteiger partial charge is 0.298 e. The average molecular weight is 290 g/mol. The van der Waals surface area contributed by atoms with Crippen LogP contribution in [0.1, 0.15) is 19.5 Å². The lowest BCUT2D eigenvalue weighted by Crippen LogP contribution is -2.22. The van der Waals surface area contributed by atoms with Gasteiger partial charge in [-0.05, 0) is 36.3 Å². The molecule has 0 atom stereocenters. The highest BCUT2D eigenvalue weighted by molar-refractivity contribution is 5.94. The molecule has 112 valence electrons. The van der Waals surface area contributed by atoms with E-state index in [1.165, 1.54) is 16.5 Å². The third kappa shape index (κ3) is 3.02. The Morgan fingerprint density at radius 3 is 2.27 bits per heavy atom. The number of aromatic nitrogens is 1. The third-order valence-corrected chi connectivity index (χ3v) is 4.13. The summed E-state index contributed by atoms with van der Waals surface area (Å²) in [5, 5.41) is 1.22. The summed E-state index contributed by atoms with van der Waals surface area (Å²) in [4.78, 5) is 7.25. The van der Waals surface area contributed by atoms with Crippen LogP contribution in [0.4, 0.5) is 0 Å². The summed E-state index contributed by atoms with van der Waals surface area (Å²) in [7, 11) is 0. The van der Waals surface area contributed by atoms with Crippen molar-refractivity contribution in [2.45, 2.75) is 20.4 Å². The molecule has 2 nitrogen and oxygen atoms in total. The predicted octanol–water partition coefficient (Wildman–Crippen LogP) is 4.74. The van der Waals surface area contributed by atoms with E-state index in [1.807, 2.05) is 0 Å². The first-order chi connectivity index (χ1) is 10.8. The minimum absolute atomic E-state index is 0.900. The Morgan fingerprint density at radius 2 is 1.55 bits per heavy atom. The second kappa shape index (κ2) is 6.71. The van der Waals surface area contributed by atoms with Gasteiger partial charge in [0, 0.05) is 11.9 Å². The quantitative estimate of drug-likeness (QED) is 0.674. The maximum atomic E-state index is 4.86. The Bertz CT molecular complexity index is 746. The van der Waals surface area contributed by atoms with Crippen LogP contribution in [0.2, 0.25) is 0 Å². The van der Waals surface area contributed by atoms with E-state index >= 15 is 0 Å². The minimum Gasteiger partial charge on any atom is -0.298 e. The van der Waals surface area contributed by atoms with Crippen molar-refractivity contribution >= 4 is 10.9 Å². The lowest BCUT2D eigenvalue weighted by molar-refractivity contribution is 0.292. The summed E-state index contributed by atoms with van der Waals surface area (Å²) in [6.45, 7) is 7.39. The Labute approximate surface area is 132 Å². The van der Waals surface area contributed by atoms with Crippen molar-refractivity contribution in [1.29, 1.82) is 0 Å². The third-order valence-electron chi connectivity index (χ3n) is 4.13. The van der Waals surface area contributed by atoms with E-state index in [0.29, 0.717) is 0 Å². The fraction of sp³-hybridized carbons (Fsp3) is 0.250. The highest BCUT2D eigenvalue weighted by Gasteiger charge is 2.09. The molecule has 0 saturated heterocycles. The van der Waals surface area contributed by atoms with Gasteiger partial charge in [0.2, 0.25) is 0 Å². The van der Waals surface area contributed by atoms with Gasteiger partial charge in [-0.25, -0.2) is 0 Å². The van der Waals surface area contributed by atoms with Crippen LogP contribution < -0.4 is 0 Å². The smallest absolute Gasteiger partial charge is 0.0712 e. The monoisotopic (exact) mass is 290 g/mol. The highest BCUT2D eigenvalue weighted by Crippen LogP contribution is 2.28. The molecule has 3 aromatic rings. The van der Waals surface area contributed by atoms with Crippen LogP contribution >= 0.6 is 0 Å². The first-order valence-electron chi connectivity index (χ1n) is 7.98. The van der Waals surface area contributed by atoms with E-state index in [1.54, 1.807) is 0 Å². The maximum Gasteiger partial charge on any atom is 0.0712 e. The van der Waals surface area contributed by atoms with Crippen molar-refractivity contribution in [1.82, 2.24) is 9.88 Å². The number of para-hydroxylation sites is 1. The first kappa shape index (κ1) is 14.7. The van der Waals surface area contributed by atoms with E-state index in [-0.39, 0.29) is 0 Å². The fourth-order valence-corrected chi connectivity index (χ4v) is 2.84. The molecule has 0 aliphatic heterocycles. The number of fused-ring (bicyclic) bond motifs is 1. The molecule has 2 heteroatoms. The number of pyridine rings is 1. The van der Waals surface area contributed by atoms with Crippen molar-refractivity contribution in [3.8, 4) is 11.1 Å². The number of rotatable bonds is 5. The number of benzene rings is 2. The molecule has 0 N–H and O–H groups in total.